The number of likely N-dealkylation sites (tertiary alicyclic amines) is 1. The van der Waals surface area contributed by atoms with Crippen LogP contribution >= 0.6 is 34.4 Å². The summed E-state index contributed by atoms with van der Waals surface area (Å²) in [5.41, 5.74) is 2.22. The van der Waals surface area contributed by atoms with E-state index >= 15 is 0 Å². The summed E-state index contributed by atoms with van der Waals surface area (Å²) in [4.78, 5) is 34.9. The summed E-state index contributed by atoms with van der Waals surface area (Å²) in [5.74, 6) is 1.01. The van der Waals surface area contributed by atoms with E-state index in [0.717, 1.165) is 47.6 Å². The number of allylic oxidation sites excluding steroid dienone is 1. The fourth-order valence-electron chi connectivity index (χ4n) is 4.57. The van der Waals surface area contributed by atoms with E-state index in [1.165, 1.54) is 28.7 Å². The molecule has 4 aromatic rings. The molecule has 0 spiro atoms. The highest BCUT2D eigenvalue weighted by Gasteiger charge is 2.24. The number of rotatable bonds is 8. The number of amides is 1. The second-order valence-corrected chi connectivity index (χ2v) is 11.5. The molecule has 0 atom stereocenters. The van der Waals surface area contributed by atoms with Crippen LogP contribution in [0.4, 0.5) is 0 Å². The number of hydrogen-bond donors (Lipinski definition) is 0. The van der Waals surface area contributed by atoms with Crippen molar-refractivity contribution in [3.8, 4) is 10.4 Å². The van der Waals surface area contributed by atoms with Crippen LogP contribution in [0.5, 0.6) is 0 Å². The van der Waals surface area contributed by atoms with Gasteiger partial charge in [0.25, 0.3) is 5.56 Å². The van der Waals surface area contributed by atoms with Crippen LogP contribution in [-0.2, 0) is 17.8 Å². The van der Waals surface area contributed by atoms with Crippen molar-refractivity contribution in [2.75, 3.05) is 18.8 Å². The Hall–Kier alpha value is -2.68. The zero-order valence-electron chi connectivity index (χ0n) is 19.4. The van der Waals surface area contributed by atoms with Crippen LogP contribution in [0.1, 0.15) is 18.4 Å². The smallest absolute Gasteiger partial charge is 0.263 e. The van der Waals surface area contributed by atoms with Crippen LogP contribution in [0.25, 0.3) is 20.7 Å². The van der Waals surface area contributed by atoms with Crippen molar-refractivity contribution in [1.82, 2.24) is 14.5 Å². The van der Waals surface area contributed by atoms with Gasteiger partial charge in [0.2, 0.25) is 5.91 Å². The van der Waals surface area contributed by atoms with Gasteiger partial charge in [-0.15, -0.1) is 29.3 Å². The second-order valence-electron chi connectivity index (χ2n) is 8.71. The Bertz CT molecular complexity index is 1370. The number of piperidine rings is 1. The summed E-state index contributed by atoms with van der Waals surface area (Å²) >= 11 is 4.44. The molecular weight excluding hydrogens is 495 g/mol. The predicted octanol–water partition coefficient (Wildman–Crippen LogP) is 5.95. The Morgan fingerprint density at radius 3 is 2.66 bits per heavy atom. The molecule has 4 heterocycles. The van der Waals surface area contributed by atoms with Crippen LogP contribution in [0.2, 0.25) is 0 Å². The van der Waals surface area contributed by atoms with Crippen molar-refractivity contribution in [2.24, 2.45) is 5.92 Å². The molecule has 1 fully saturated rings. The van der Waals surface area contributed by atoms with Crippen LogP contribution in [-0.4, -0.2) is 39.2 Å². The Morgan fingerprint density at radius 2 is 1.94 bits per heavy atom. The molecule has 1 aliphatic rings. The molecule has 5 nitrogen and oxygen atoms in total. The minimum absolute atomic E-state index is 0.0729. The van der Waals surface area contributed by atoms with Crippen LogP contribution < -0.4 is 5.56 Å². The van der Waals surface area contributed by atoms with Crippen molar-refractivity contribution in [3.63, 3.8) is 0 Å². The van der Waals surface area contributed by atoms with E-state index in [1.807, 2.05) is 33.9 Å². The molecule has 1 saturated heterocycles. The van der Waals surface area contributed by atoms with Gasteiger partial charge in [-0.3, -0.25) is 14.2 Å². The Balaban J connectivity index is 1.26. The summed E-state index contributed by atoms with van der Waals surface area (Å²) in [6.45, 7) is 5.76. The fraction of sp³-hybridized carbons (Fsp3) is 0.296. The molecule has 35 heavy (non-hydrogen) atoms. The van der Waals surface area contributed by atoms with Gasteiger partial charge in [0.05, 0.1) is 11.1 Å². The Labute approximate surface area is 217 Å². The third-order valence-corrected chi connectivity index (χ3v) is 9.15. The van der Waals surface area contributed by atoms with Gasteiger partial charge < -0.3 is 4.90 Å². The molecule has 0 radical (unpaired) electrons. The van der Waals surface area contributed by atoms with Crippen molar-refractivity contribution in [1.29, 1.82) is 0 Å². The van der Waals surface area contributed by atoms with E-state index in [4.69, 9.17) is 4.98 Å². The number of thioether (sulfide) groups is 1. The lowest BCUT2D eigenvalue weighted by Crippen LogP contribution is -2.40. The topological polar surface area (TPSA) is 55.2 Å². The van der Waals surface area contributed by atoms with E-state index < -0.39 is 0 Å². The summed E-state index contributed by atoms with van der Waals surface area (Å²) in [6.07, 6.45) is 4.83. The average molecular weight is 522 g/mol. The molecule has 1 amide bonds. The maximum Gasteiger partial charge on any atom is 0.263 e. The van der Waals surface area contributed by atoms with Crippen LogP contribution in [0.15, 0.2) is 75.8 Å². The van der Waals surface area contributed by atoms with Gasteiger partial charge in [-0.2, -0.15) is 0 Å². The van der Waals surface area contributed by atoms with Gasteiger partial charge in [-0.05, 0) is 42.2 Å². The van der Waals surface area contributed by atoms with E-state index in [-0.39, 0.29) is 17.2 Å². The van der Waals surface area contributed by atoms with Gasteiger partial charge in [-0.25, -0.2) is 4.98 Å². The maximum atomic E-state index is 13.4. The minimum Gasteiger partial charge on any atom is -0.342 e. The standard InChI is InChI=1S/C27H27N3O2S3/c1-2-12-30-26(32)24-21(22-9-6-15-33-22)17-34-25(24)28-27(30)35-18-23(31)29-13-10-20(11-14-29)16-19-7-4-3-5-8-19/h2-9,15,17,20H,1,10-14,16,18H2. The summed E-state index contributed by atoms with van der Waals surface area (Å²) in [6, 6.07) is 14.6. The molecule has 0 unspecified atom stereocenters. The monoisotopic (exact) mass is 521 g/mol. The van der Waals surface area contributed by atoms with E-state index in [0.29, 0.717) is 23.0 Å². The molecule has 5 rings (SSSR count). The first-order valence-corrected chi connectivity index (χ1v) is 14.5. The highest BCUT2D eigenvalue weighted by atomic mass is 32.2. The number of benzene rings is 1. The van der Waals surface area contributed by atoms with Gasteiger partial charge >= 0.3 is 0 Å². The van der Waals surface area contributed by atoms with Crippen molar-refractivity contribution in [3.05, 3.63) is 81.8 Å². The number of nitrogens with zero attached hydrogens (tertiary/aromatic N) is 3. The number of carbonyl (C=O) groups is 1. The normalized spacial score (nSPS) is 14.5. The number of hydrogen-bond acceptors (Lipinski definition) is 6. The van der Waals surface area contributed by atoms with Gasteiger partial charge in [0.1, 0.15) is 4.83 Å². The summed E-state index contributed by atoms with van der Waals surface area (Å²) in [5, 5.41) is 5.24. The van der Waals surface area contributed by atoms with Crippen LogP contribution in [0, 0.1) is 5.92 Å². The van der Waals surface area contributed by atoms with Crippen molar-refractivity contribution >= 4 is 50.6 Å². The molecule has 8 heteroatoms. The molecule has 0 bridgehead atoms. The largest absolute Gasteiger partial charge is 0.342 e. The zero-order valence-corrected chi connectivity index (χ0v) is 21.8. The minimum atomic E-state index is -0.0729. The number of carbonyl (C=O) groups excluding carboxylic acids is 1. The van der Waals surface area contributed by atoms with E-state index in [2.05, 4.69) is 30.8 Å². The molecule has 1 aliphatic heterocycles. The van der Waals surface area contributed by atoms with E-state index in [9.17, 15) is 9.59 Å². The number of fused-ring (bicyclic) bond motifs is 1. The maximum absolute atomic E-state index is 13.4. The molecule has 0 saturated carbocycles. The molecule has 1 aromatic carbocycles. The lowest BCUT2D eigenvalue weighted by Gasteiger charge is -2.32. The molecule has 180 valence electrons. The first kappa shape index (κ1) is 24.0. The van der Waals surface area contributed by atoms with Crippen molar-refractivity contribution < 1.29 is 4.79 Å². The predicted molar refractivity (Wildman–Crippen MR) is 148 cm³/mol. The van der Waals surface area contributed by atoms with Gasteiger partial charge in [0.15, 0.2) is 5.16 Å². The van der Waals surface area contributed by atoms with E-state index in [1.54, 1.807) is 22.0 Å². The summed E-state index contributed by atoms with van der Waals surface area (Å²) in [7, 11) is 0. The molecule has 3 aromatic heterocycles. The number of thiophene rings is 2. The lowest BCUT2D eigenvalue weighted by molar-refractivity contribution is -0.129. The highest BCUT2D eigenvalue weighted by Crippen LogP contribution is 2.34. The third-order valence-electron chi connectivity index (χ3n) is 6.42. The molecular formula is C27H27N3O2S3. The Morgan fingerprint density at radius 1 is 1.14 bits per heavy atom. The fourth-order valence-corrected chi connectivity index (χ4v) is 7.28. The average Bonchev–Trinajstić information content (AvgIpc) is 3.56. The molecule has 0 N–H and O–H groups in total. The first-order valence-electron chi connectivity index (χ1n) is 11.8. The van der Waals surface area contributed by atoms with Gasteiger partial charge in [-0.1, -0.05) is 54.2 Å². The zero-order chi connectivity index (χ0) is 24.2. The van der Waals surface area contributed by atoms with Crippen LogP contribution in [0.3, 0.4) is 0 Å². The Kier molecular flexibility index (Phi) is 7.51. The highest BCUT2D eigenvalue weighted by molar-refractivity contribution is 7.99. The summed E-state index contributed by atoms with van der Waals surface area (Å²) < 4.78 is 1.64. The second kappa shape index (κ2) is 10.9. The SMILES string of the molecule is C=CCn1c(SCC(=O)N2CCC(Cc3ccccc3)CC2)nc2scc(-c3cccs3)c2c1=O. The third kappa shape index (κ3) is 5.29. The molecule has 0 aliphatic carbocycles. The quantitative estimate of drug-likeness (QED) is 0.163. The first-order chi connectivity index (χ1) is 17.1. The lowest BCUT2D eigenvalue weighted by atomic mass is 9.90. The van der Waals surface area contributed by atoms with Gasteiger partial charge in [0, 0.05) is 35.5 Å². The van der Waals surface area contributed by atoms with Crippen molar-refractivity contribution in [2.45, 2.75) is 31.0 Å². The number of aromatic nitrogens is 2.